The lowest BCUT2D eigenvalue weighted by molar-refractivity contribution is -0.742. The van der Waals surface area contributed by atoms with Gasteiger partial charge in [0.1, 0.15) is 0 Å². The molecule has 5 N–H and O–H groups in total. The number of nitrogens with zero attached hydrogens (tertiary/aromatic N) is 3. The molecule has 1 rings (SSSR count). The van der Waals surface area contributed by atoms with Crippen molar-refractivity contribution in [1.29, 1.82) is 0 Å². The minimum atomic E-state index is -4.38. The van der Waals surface area contributed by atoms with Crippen molar-refractivity contribution >= 4 is 11.7 Å². The molecule has 0 aromatic heterocycles. The Balaban J connectivity index is 0.000000885. The summed E-state index contributed by atoms with van der Waals surface area (Å²) in [4.78, 5) is 8.36. The Bertz CT molecular complexity index is 549. The molecule has 0 aliphatic rings. The zero-order chi connectivity index (χ0) is 16.6. The molecule has 0 heterocycles. The number of halogens is 3. The van der Waals surface area contributed by atoms with Gasteiger partial charge in [-0.15, -0.1) is 15.2 Å². The average molecular weight is 307 g/mol. The molecule has 8 nitrogen and oxygen atoms in total. The first kappa shape index (κ1) is 18.1. The average Bonchev–Trinajstić information content (AvgIpc) is 2.34. The first-order valence-electron chi connectivity index (χ1n) is 5.18. The number of hydrogen-bond acceptors (Lipinski definition) is 4. The second kappa shape index (κ2) is 7.67. The van der Waals surface area contributed by atoms with E-state index in [1.807, 2.05) is 0 Å². The molecule has 0 saturated heterocycles. The maximum absolute atomic E-state index is 12.4. The maximum Gasteiger partial charge on any atom is 0.416 e. The van der Waals surface area contributed by atoms with Crippen molar-refractivity contribution in [3.63, 3.8) is 0 Å². The summed E-state index contributed by atoms with van der Waals surface area (Å²) in [7, 11) is 0. The number of nitrogens with two attached hydrogens (primary N) is 2. The van der Waals surface area contributed by atoms with Crippen LogP contribution in [-0.2, 0) is 6.18 Å². The number of benzene rings is 1. The molecular formula is C10H12F3N5O3. The van der Waals surface area contributed by atoms with Crippen LogP contribution in [0.15, 0.2) is 34.5 Å². The van der Waals surface area contributed by atoms with Crippen LogP contribution in [0.25, 0.3) is 0 Å². The standard InChI is InChI=1S/C10H11F3N4.HNO3/c1-6(16-17-9(14)15)7-3-2-4-8(5-7)10(11,12)13;2-1(3)4/h2-5H,1H3,(H4,14,15,17);(H,2,3,4)/b16-6+;. The highest BCUT2D eigenvalue weighted by Crippen LogP contribution is 2.29. The summed E-state index contributed by atoms with van der Waals surface area (Å²) in [6, 6.07) is 4.77. The number of guanidine groups is 1. The van der Waals surface area contributed by atoms with E-state index in [1.165, 1.54) is 19.1 Å². The fraction of sp³-hybridized carbons (Fsp3) is 0.200. The molecule has 0 unspecified atom stereocenters. The fourth-order valence-electron chi connectivity index (χ4n) is 1.11. The highest BCUT2D eigenvalue weighted by Gasteiger charge is 2.30. The molecule has 21 heavy (non-hydrogen) atoms. The molecule has 0 atom stereocenters. The Morgan fingerprint density at radius 2 is 1.86 bits per heavy atom. The van der Waals surface area contributed by atoms with Crippen LogP contribution in [0.2, 0.25) is 0 Å². The van der Waals surface area contributed by atoms with E-state index in [0.29, 0.717) is 11.3 Å². The zero-order valence-corrected chi connectivity index (χ0v) is 10.7. The molecule has 0 aliphatic heterocycles. The molecule has 0 aliphatic carbocycles. The molecule has 11 heteroatoms. The van der Waals surface area contributed by atoms with E-state index in [-0.39, 0.29) is 5.96 Å². The van der Waals surface area contributed by atoms with E-state index >= 15 is 0 Å². The van der Waals surface area contributed by atoms with Gasteiger partial charge in [0.15, 0.2) is 0 Å². The summed E-state index contributed by atoms with van der Waals surface area (Å²) < 4.78 is 37.3. The predicted molar refractivity (Wildman–Crippen MR) is 68.2 cm³/mol. The fourth-order valence-corrected chi connectivity index (χ4v) is 1.11. The lowest BCUT2D eigenvalue weighted by Crippen LogP contribution is -2.22. The van der Waals surface area contributed by atoms with Crippen molar-refractivity contribution in [3.8, 4) is 0 Å². The van der Waals surface area contributed by atoms with E-state index < -0.39 is 16.8 Å². The van der Waals surface area contributed by atoms with Crippen molar-refractivity contribution in [3.05, 3.63) is 45.5 Å². The normalized spacial score (nSPS) is 11.1. The van der Waals surface area contributed by atoms with Crippen LogP contribution in [0, 0.1) is 10.1 Å². The van der Waals surface area contributed by atoms with Crippen molar-refractivity contribution in [2.75, 3.05) is 0 Å². The third-order valence-electron chi connectivity index (χ3n) is 1.92. The molecule has 0 fully saturated rings. The quantitative estimate of drug-likeness (QED) is 0.327. The summed E-state index contributed by atoms with van der Waals surface area (Å²) in [6.45, 7) is 1.52. The molecule has 0 bridgehead atoms. The minimum absolute atomic E-state index is 0.253. The molecule has 0 amide bonds. The number of alkyl halides is 3. The van der Waals surface area contributed by atoms with Crippen LogP contribution in [0.1, 0.15) is 18.1 Å². The second-order valence-corrected chi connectivity index (χ2v) is 3.53. The molecule has 1 aromatic rings. The Kier molecular flexibility index (Phi) is 6.63. The second-order valence-electron chi connectivity index (χ2n) is 3.53. The number of hydrogen-bond donors (Lipinski definition) is 3. The first-order valence-corrected chi connectivity index (χ1v) is 5.18. The van der Waals surface area contributed by atoms with Gasteiger partial charge < -0.3 is 16.7 Å². The van der Waals surface area contributed by atoms with Gasteiger partial charge >= 0.3 is 6.18 Å². The van der Waals surface area contributed by atoms with Crippen LogP contribution in [0.3, 0.4) is 0 Å². The SMILES string of the molecule is C/C(=N\N=C(N)N)c1cccc(C(F)(F)F)c1.O=[N+]([O-])O. The van der Waals surface area contributed by atoms with Gasteiger partial charge in [0.05, 0.1) is 11.3 Å². The first-order chi connectivity index (χ1) is 9.54. The lowest BCUT2D eigenvalue weighted by Gasteiger charge is -2.07. The Hall–Kier alpha value is -2.85. The van der Waals surface area contributed by atoms with E-state index in [0.717, 1.165) is 12.1 Å². The summed E-state index contributed by atoms with van der Waals surface area (Å²) in [5.74, 6) is -0.253. The third-order valence-corrected chi connectivity index (χ3v) is 1.92. The molecule has 0 spiro atoms. The number of rotatable bonds is 2. The molecule has 116 valence electrons. The smallest absolute Gasteiger partial charge is 0.369 e. The topological polar surface area (TPSA) is 140 Å². The molecular weight excluding hydrogens is 295 g/mol. The van der Waals surface area contributed by atoms with Crippen molar-refractivity contribution < 1.29 is 23.5 Å². The molecule has 1 aromatic carbocycles. The van der Waals surface area contributed by atoms with Gasteiger partial charge in [-0.2, -0.15) is 18.3 Å². The summed E-state index contributed by atoms with van der Waals surface area (Å²) in [5.41, 5.74) is 9.98. The summed E-state index contributed by atoms with van der Waals surface area (Å²) in [6.07, 6.45) is -4.38. The zero-order valence-electron chi connectivity index (χ0n) is 10.7. The van der Waals surface area contributed by atoms with Gasteiger partial charge in [-0.1, -0.05) is 12.1 Å². The largest absolute Gasteiger partial charge is 0.416 e. The van der Waals surface area contributed by atoms with E-state index in [4.69, 9.17) is 26.8 Å². The van der Waals surface area contributed by atoms with Crippen LogP contribution in [0.5, 0.6) is 0 Å². The summed E-state index contributed by atoms with van der Waals surface area (Å²) in [5, 5.41) is 20.6. The summed E-state index contributed by atoms with van der Waals surface area (Å²) >= 11 is 0. The van der Waals surface area contributed by atoms with Gasteiger partial charge in [0.2, 0.25) is 5.96 Å². The van der Waals surface area contributed by atoms with Crippen molar-refractivity contribution in [1.82, 2.24) is 0 Å². The molecule has 0 saturated carbocycles. The van der Waals surface area contributed by atoms with Crippen LogP contribution in [0.4, 0.5) is 13.2 Å². The highest BCUT2D eigenvalue weighted by atomic mass is 19.4. The van der Waals surface area contributed by atoms with Gasteiger partial charge in [-0.25, -0.2) is 0 Å². The third kappa shape index (κ3) is 8.02. The van der Waals surface area contributed by atoms with Crippen molar-refractivity contribution in [2.24, 2.45) is 21.7 Å². The maximum atomic E-state index is 12.4. The van der Waals surface area contributed by atoms with Crippen LogP contribution in [-0.4, -0.2) is 22.0 Å². The lowest BCUT2D eigenvalue weighted by atomic mass is 10.1. The van der Waals surface area contributed by atoms with E-state index in [1.54, 1.807) is 0 Å². The van der Waals surface area contributed by atoms with Crippen LogP contribution < -0.4 is 11.5 Å². The highest BCUT2D eigenvalue weighted by molar-refractivity contribution is 5.99. The van der Waals surface area contributed by atoms with E-state index in [2.05, 4.69) is 10.2 Å². The predicted octanol–water partition coefficient (Wildman–Crippen LogP) is 1.36. The van der Waals surface area contributed by atoms with Gasteiger partial charge in [-0.05, 0) is 24.6 Å². The monoisotopic (exact) mass is 307 g/mol. The Labute approximate surface area is 116 Å². The van der Waals surface area contributed by atoms with E-state index in [9.17, 15) is 13.2 Å². The van der Waals surface area contributed by atoms with Gasteiger partial charge in [-0.3, -0.25) is 0 Å². The minimum Gasteiger partial charge on any atom is -0.369 e. The van der Waals surface area contributed by atoms with Crippen molar-refractivity contribution in [2.45, 2.75) is 13.1 Å². The van der Waals surface area contributed by atoms with Crippen LogP contribution >= 0.6 is 0 Å². The van der Waals surface area contributed by atoms with Gasteiger partial charge in [0, 0.05) is 0 Å². The Morgan fingerprint density at radius 3 is 2.29 bits per heavy atom. The molecule has 0 radical (unpaired) electrons. The Morgan fingerprint density at radius 1 is 1.33 bits per heavy atom. The van der Waals surface area contributed by atoms with Gasteiger partial charge in [0.25, 0.3) is 5.09 Å².